The first kappa shape index (κ1) is 15.4. The Morgan fingerprint density at radius 3 is 2.92 bits per heavy atom. The molecule has 2 atom stereocenters. The Balaban J connectivity index is 1.65. The lowest BCUT2D eigenvalue weighted by atomic mass is 10.1. The number of hydrogen-bond donors (Lipinski definition) is 2. The lowest BCUT2D eigenvalue weighted by Crippen LogP contribution is -2.42. The molecule has 2 N–H and O–H groups in total. The molecule has 0 spiro atoms. The Labute approximate surface area is 142 Å². The van der Waals surface area contributed by atoms with Gasteiger partial charge in [0.25, 0.3) is 5.91 Å². The summed E-state index contributed by atoms with van der Waals surface area (Å²) in [4.78, 5) is 29.1. The average Bonchev–Trinajstić information content (AvgIpc) is 2.75. The van der Waals surface area contributed by atoms with Gasteiger partial charge in [-0.05, 0) is 44.0 Å². The van der Waals surface area contributed by atoms with Crippen LogP contribution in [0, 0.1) is 0 Å². The number of carbonyl (C=O) groups is 2. The van der Waals surface area contributed by atoms with E-state index in [1.807, 2.05) is 25.2 Å². The summed E-state index contributed by atoms with van der Waals surface area (Å²) in [6.07, 6.45) is 3.67. The Hall–Kier alpha value is -2.08. The van der Waals surface area contributed by atoms with E-state index in [1.165, 1.54) is 0 Å². The van der Waals surface area contributed by atoms with Crippen molar-refractivity contribution in [1.29, 1.82) is 0 Å². The van der Waals surface area contributed by atoms with Gasteiger partial charge in [0.15, 0.2) is 0 Å². The maximum atomic E-state index is 13.1. The van der Waals surface area contributed by atoms with E-state index in [2.05, 4.69) is 20.4 Å². The lowest BCUT2D eigenvalue weighted by Gasteiger charge is -2.28. The monoisotopic (exact) mass is 328 g/mol. The minimum absolute atomic E-state index is 0.00393. The molecule has 0 aromatic heterocycles. The fourth-order valence-electron chi connectivity index (χ4n) is 4.17. The molecule has 2 unspecified atom stereocenters. The van der Waals surface area contributed by atoms with Crippen LogP contribution in [-0.2, 0) is 4.79 Å². The van der Waals surface area contributed by atoms with E-state index in [4.69, 9.17) is 0 Å². The molecule has 1 aromatic carbocycles. The zero-order valence-corrected chi connectivity index (χ0v) is 14.0. The predicted octanol–water partition coefficient (Wildman–Crippen LogP) is 1.43. The predicted molar refractivity (Wildman–Crippen MR) is 93.4 cm³/mol. The van der Waals surface area contributed by atoms with Crippen LogP contribution in [0.3, 0.4) is 0 Å². The Morgan fingerprint density at radius 1 is 1.21 bits per heavy atom. The van der Waals surface area contributed by atoms with Gasteiger partial charge in [0.2, 0.25) is 5.91 Å². The number of rotatable bonds is 1. The van der Waals surface area contributed by atoms with E-state index in [0.717, 1.165) is 43.7 Å². The van der Waals surface area contributed by atoms with Crippen molar-refractivity contribution in [2.75, 3.05) is 36.9 Å². The molecule has 3 heterocycles. The zero-order valence-electron chi connectivity index (χ0n) is 14.0. The maximum absolute atomic E-state index is 13.1. The molecule has 6 heteroatoms. The number of nitrogens with zero attached hydrogens (tertiary/aromatic N) is 2. The molecule has 1 aromatic rings. The molecule has 0 radical (unpaired) electrons. The van der Waals surface area contributed by atoms with E-state index in [9.17, 15) is 9.59 Å². The van der Waals surface area contributed by atoms with Gasteiger partial charge in [-0.15, -0.1) is 0 Å². The Bertz CT molecular complexity index is 661. The summed E-state index contributed by atoms with van der Waals surface area (Å²) < 4.78 is 0. The summed E-state index contributed by atoms with van der Waals surface area (Å²) >= 11 is 0. The van der Waals surface area contributed by atoms with Crippen molar-refractivity contribution in [1.82, 2.24) is 10.2 Å². The summed E-state index contributed by atoms with van der Waals surface area (Å²) in [5.74, 6) is 0.0967. The average molecular weight is 328 g/mol. The normalized spacial score (nSPS) is 26.5. The molecule has 128 valence electrons. The quantitative estimate of drug-likeness (QED) is 0.819. The molecule has 2 amide bonds. The second-order valence-electron chi connectivity index (χ2n) is 7.04. The molecule has 4 rings (SSSR count). The van der Waals surface area contributed by atoms with Crippen LogP contribution in [0.15, 0.2) is 18.2 Å². The van der Waals surface area contributed by atoms with E-state index >= 15 is 0 Å². The van der Waals surface area contributed by atoms with Gasteiger partial charge in [-0.25, -0.2) is 0 Å². The minimum atomic E-state index is 0.00393. The first-order valence-electron chi connectivity index (χ1n) is 8.82. The van der Waals surface area contributed by atoms with Crippen molar-refractivity contribution in [3.63, 3.8) is 0 Å². The van der Waals surface area contributed by atoms with Crippen LogP contribution in [0.2, 0.25) is 0 Å². The highest BCUT2D eigenvalue weighted by atomic mass is 16.2. The number of nitrogens with one attached hydrogen (secondary N) is 2. The number of benzene rings is 1. The van der Waals surface area contributed by atoms with Gasteiger partial charge in [-0.1, -0.05) is 0 Å². The standard InChI is InChI=1S/C18H24N4O2/c1-21-9-7-17(23)20-15-10-12(2-5-16(15)21)18(24)22-13-3-4-14(22)11-19-8-6-13/h2,5,10,13-14,19H,3-4,6-9,11H2,1H3,(H,20,23). The number of anilines is 2. The summed E-state index contributed by atoms with van der Waals surface area (Å²) in [6.45, 7) is 2.55. The highest BCUT2D eigenvalue weighted by Crippen LogP contribution is 2.33. The van der Waals surface area contributed by atoms with Crippen molar-refractivity contribution in [3.05, 3.63) is 23.8 Å². The third-order valence-corrected chi connectivity index (χ3v) is 5.49. The maximum Gasteiger partial charge on any atom is 0.254 e. The summed E-state index contributed by atoms with van der Waals surface area (Å²) in [5, 5.41) is 6.36. The molecule has 3 aliphatic rings. The third kappa shape index (κ3) is 2.65. The van der Waals surface area contributed by atoms with E-state index in [0.29, 0.717) is 30.6 Å². The van der Waals surface area contributed by atoms with E-state index in [1.54, 1.807) is 0 Å². The minimum Gasteiger partial charge on any atom is -0.372 e. The molecule has 0 aliphatic carbocycles. The SMILES string of the molecule is CN1CCC(=O)Nc2cc(C(=O)N3C4CCNCC3CC4)ccc21. The first-order chi connectivity index (χ1) is 11.6. The van der Waals surface area contributed by atoms with Crippen molar-refractivity contribution >= 4 is 23.2 Å². The van der Waals surface area contributed by atoms with Crippen LogP contribution in [0.4, 0.5) is 11.4 Å². The van der Waals surface area contributed by atoms with Crippen molar-refractivity contribution in [3.8, 4) is 0 Å². The molecule has 2 bridgehead atoms. The van der Waals surface area contributed by atoms with Crippen molar-refractivity contribution < 1.29 is 9.59 Å². The number of carbonyl (C=O) groups excluding carboxylic acids is 2. The summed E-state index contributed by atoms with van der Waals surface area (Å²) in [5.41, 5.74) is 2.38. The van der Waals surface area contributed by atoms with Crippen LogP contribution >= 0.6 is 0 Å². The van der Waals surface area contributed by atoms with Crippen LogP contribution < -0.4 is 15.5 Å². The molecule has 6 nitrogen and oxygen atoms in total. The number of hydrogen-bond acceptors (Lipinski definition) is 4. The van der Waals surface area contributed by atoms with Crippen LogP contribution in [-0.4, -0.2) is 55.5 Å². The van der Waals surface area contributed by atoms with E-state index in [-0.39, 0.29) is 11.8 Å². The topological polar surface area (TPSA) is 64.7 Å². The van der Waals surface area contributed by atoms with Gasteiger partial charge in [0, 0.05) is 44.2 Å². The fourth-order valence-corrected chi connectivity index (χ4v) is 4.17. The van der Waals surface area contributed by atoms with Gasteiger partial charge >= 0.3 is 0 Å². The van der Waals surface area contributed by atoms with Crippen molar-refractivity contribution in [2.45, 2.75) is 37.8 Å². The van der Waals surface area contributed by atoms with Gasteiger partial charge in [-0.2, -0.15) is 0 Å². The molecular formula is C18H24N4O2. The van der Waals surface area contributed by atoms with Crippen molar-refractivity contribution in [2.24, 2.45) is 0 Å². The third-order valence-electron chi connectivity index (χ3n) is 5.49. The largest absolute Gasteiger partial charge is 0.372 e. The second kappa shape index (κ2) is 6.09. The first-order valence-corrected chi connectivity index (χ1v) is 8.82. The molecule has 2 saturated heterocycles. The van der Waals surface area contributed by atoms with Crippen LogP contribution in [0.5, 0.6) is 0 Å². The molecule has 2 fully saturated rings. The Morgan fingerprint density at radius 2 is 2.04 bits per heavy atom. The zero-order chi connectivity index (χ0) is 16.7. The van der Waals surface area contributed by atoms with Gasteiger partial charge in [-0.3, -0.25) is 9.59 Å². The molecule has 24 heavy (non-hydrogen) atoms. The van der Waals surface area contributed by atoms with Gasteiger partial charge in [0.05, 0.1) is 11.4 Å². The summed E-state index contributed by atoms with van der Waals surface area (Å²) in [6, 6.07) is 6.32. The molecule has 0 saturated carbocycles. The van der Waals surface area contributed by atoms with E-state index < -0.39 is 0 Å². The number of amides is 2. The molecule has 3 aliphatic heterocycles. The molecular weight excluding hydrogens is 304 g/mol. The lowest BCUT2D eigenvalue weighted by molar-refractivity contribution is -0.115. The Kier molecular flexibility index (Phi) is 3.92. The summed E-state index contributed by atoms with van der Waals surface area (Å²) in [7, 11) is 1.97. The van der Waals surface area contributed by atoms with Crippen LogP contribution in [0.1, 0.15) is 36.0 Å². The van der Waals surface area contributed by atoms with Gasteiger partial charge in [0.1, 0.15) is 0 Å². The fraction of sp³-hybridized carbons (Fsp3) is 0.556. The number of fused-ring (bicyclic) bond motifs is 3. The highest BCUT2D eigenvalue weighted by Gasteiger charge is 2.38. The second-order valence-corrected chi connectivity index (χ2v) is 7.04. The smallest absolute Gasteiger partial charge is 0.254 e. The highest BCUT2D eigenvalue weighted by molar-refractivity contribution is 6.01. The van der Waals surface area contributed by atoms with Gasteiger partial charge < -0.3 is 20.4 Å². The van der Waals surface area contributed by atoms with Crippen LogP contribution in [0.25, 0.3) is 0 Å².